The topological polar surface area (TPSA) is 72.8 Å². The van der Waals surface area contributed by atoms with E-state index in [1.807, 2.05) is 6.92 Å². The van der Waals surface area contributed by atoms with Crippen molar-refractivity contribution in [2.75, 3.05) is 0 Å². The van der Waals surface area contributed by atoms with E-state index in [1.54, 1.807) is 0 Å². The maximum Gasteiger partial charge on any atom is 0.334 e. The lowest BCUT2D eigenvalue weighted by atomic mass is 9.54. The van der Waals surface area contributed by atoms with Gasteiger partial charge in [-0.15, -0.1) is 0 Å². The third-order valence-electron chi connectivity index (χ3n) is 5.63. The summed E-state index contributed by atoms with van der Waals surface area (Å²) in [6.45, 7) is 7.25. The molecule has 1 N–H and O–H groups in total. The van der Waals surface area contributed by atoms with Gasteiger partial charge in [0.25, 0.3) is 0 Å². The van der Waals surface area contributed by atoms with Gasteiger partial charge in [-0.25, -0.2) is 4.79 Å². The van der Waals surface area contributed by atoms with Gasteiger partial charge in [-0.05, 0) is 31.3 Å². The van der Waals surface area contributed by atoms with Crippen molar-refractivity contribution in [1.82, 2.24) is 0 Å². The largest absolute Gasteiger partial charge is 0.458 e. The molecule has 0 aromatic carbocycles. The number of rotatable bonds is 1. The maximum atomic E-state index is 11.9. The van der Waals surface area contributed by atoms with Gasteiger partial charge in [-0.3, -0.25) is 4.79 Å². The van der Waals surface area contributed by atoms with E-state index in [0.29, 0.717) is 18.4 Å². The van der Waals surface area contributed by atoms with Crippen LogP contribution in [0.1, 0.15) is 39.5 Å². The molecule has 0 radical (unpaired) electrons. The van der Waals surface area contributed by atoms with Crippen LogP contribution in [0.15, 0.2) is 24.0 Å². The number of fused-ring (bicyclic) bond motifs is 3. The number of hydrogen-bond acceptors (Lipinski definition) is 5. The van der Waals surface area contributed by atoms with Crippen molar-refractivity contribution in [3.8, 4) is 0 Å². The lowest BCUT2D eigenvalue weighted by Crippen LogP contribution is -2.53. The number of carbonyl (C=O) groups excluding carboxylic acids is 2. The van der Waals surface area contributed by atoms with E-state index in [4.69, 9.17) is 9.47 Å². The van der Waals surface area contributed by atoms with Crippen LogP contribution in [0.5, 0.6) is 0 Å². The van der Waals surface area contributed by atoms with Crippen LogP contribution in [0.3, 0.4) is 0 Å². The monoisotopic (exact) mass is 306 g/mol. The lowest BCUT2D eigenvalue weighted by Gasteiger charge is -2.52. The molecule has 1 heterocycles. The molecule has 5 atom stereocenters. The van der Waals surface area contributed by atoms with E-state index in [9.17, 15) is 14.7 Å². The van der Waals surface area contributed by atoms with Gasteiger partial charge < -0.3 is 14.6 Å². The number of aliphatic hydroxyl groups excluding tert-OH is 1. The predicted molar refractivity (Wildman–Crippen MR) is 78.4 cm³/mol. The zero-order valence-corrected chi connectivity index (χ0v) is 13.0. The highest BCUT2D eigenvalue weighted by molar-refractivity contribution is 5.91. The van der Waals surface area contributed by atoms with Crippen molar-refractivity contribution in [3.63, 3.8) is 0 Å². The number of carbonyl (C=O) groups is 2. The first kappa shape index (κ1) is 15.3. The first-order chi connectivity index (χ1) is 10.3. The molecule has 5 heteroatoms. The minimum atomic E-state index is -0.444. The molecule has 0 aromatic rings. The van der Waals surface area contributed by atoms with Gasteiger partial charge in [-0.2, -0.15) is 0 Å². The molecule has 0 spiro atoms. The first-order valence-electron chi connectivity index (χ1n) is 7.78. The molecule has 0 amide bonds. The maximum absolute atomic E-state index is 11.9. The summed E-state index contributed by atoms with van der Waals surface area (Å²) in [4.78, 5) is 23.0. The average molecular weight is 306 g/mol. The Labute approximate surface area is 130 Å². The Morgan fingerprint density at radius 2 is 2.23 bits per heavy atom. The second-order valence-electron chi connectivity index (χ2n) is 6.88. The molecule has 2 saturated carbocycles. The van der Waals surface area contributed by atoms with Crippen LogP contribution in [-0.2, 0) is 19.1 Å². The van der Waals surface area contributed by atoms with Gasteiger partial charge in [0.1, 0.15) is 6.10 Å². The summed E-state index contributed by atoms with van der Waals surface area (Å²) in [5, 5.41) is 10.5. The van der Waals surface area contributed by atoms with Crippen molar-refractivity contribution < 1.29 is 24.2 Å². The fraction of sp³-hybridized carbons (Fsp3) is 0.647. The van der Waals surface area contributed by atoms with Gasteiger partial charge >= 0.3 is 11.9 Å². The number of esters is 2. The molecular weight excluding hydrogens is 284 g/mol. The van der Waals surface area contributed by atoms with Crippen LogP contribution >= 0.6 is 0 Å². The van der Waals surface area contributed by atoms with Crippen LogP contribution in [0, 0.1) is 17.3 Å². The molecule has 3 fully saturated rings. The van der Waals surface area contributed by atoms with Crippen LogP contribution in [0.25, 0.3) is 0 Å². The molecule has 2 aliphatic carbocycles. The van der Waals surface area contributed by atoms with Crippen molar-refractivity contribution in [3.05, 3.63) is 24.0 Å². The fourth-order valence-corrected chi connectivity index (χ4v) is 4.36. The smallest absolute Gasteiger partial charge is 0.334 e. The van der Waals surface area contributed by atoms with Crippen molar-refractivity contribution in [2.24, 2.45) is 17.3 Å². The highest BCUT2D eigenvalue weighted by Crippen LogP contribution is 2.57. The Balaban J connectivity index is 1.98. The molecule has 3 rings (SSSR count). The van der Waals surface area contributed by atoms with Crippen molar-refractivity contribution >= 4 is 11.9 Å². The molecule has 22 heavy (non-hydrogen) atoms. The highest BCUT2D eigenvalue weighted by atomic mass is 16.6. The highest BCUT2D eigenvalue weighted by Gasteiger charge is 2.58. The third kappa shape index (κ3) is 2.19. The van der Waals surface area contributed by atoms with E-state index in [1.165, 1.54) is 13.2 Å². The summed E-state index contributed by atoms with van der Waals surface area (Å²) in [6.07, 6.45) is 3.60. The molecule has 1 aliphatic heterocycles. The lowest BCUT2D eigenvalue weighted by molar-refractivity contribution is -0.151. The Kier molecular flexibility index (Phi) is 3.63. The van der Waals surface area contributed by atoms with Gasteiger partial charge in [-0.1, -0.05) is 13.5 Å². The van der Waals surface area contributed by atoms with Crippen LogP contribution < -0.4 is 0 Å². The molecule has 0 bridgehead atoms. The molecular formula is C17H22O5. The summed E-state index contributed by atoms with van der Waals surface area (Å²) in [7, 11) is 0. The van der Waals surface area contributed by atoms with Gasteiger partial charge in [0.15, 0.2) is 0 Å². The normalized spacial score (nSPS) is 42.6. The summed E-state index contributed by atoms with van der Waals surface area (Å²) in [5.74, 6) is -0.846. The summed E-state index contributed by atoms with van der Waals surface area (Å²) in [6, 6.07) is 0. The quantitative estimate of drug-likeness (QED) is 0.456. The first-order valence-corrected chi connectivity index (χ1v) is 7.78. The van der Waals surface area contributed by atoms with Crippen LogP contribution in [0.4, 0.5) is 0 Å². The van der Waals surface area contributed by atoms with Gasteiger partial charge in [0.2, 0.25) is 0 Å². The van der Waals surface area contributed by atoms with E-state index >= 15 is 0 Å². The summed E-state index contributed by atoms with van der Waals surface area (Å²) in [5.41, 5.74) is 1.11. The molecule has 1 saturated heterocycles. The van der Waals surface area contributed by atoms with Gasteiger partial charge in [0.05, 0.1) is 12.4 Å². The molecule has 120 valence electrons. The minimum Gasteiger partial charge on any atom is -0.458 e. The Hall–Kier alpha value is -1.62. The minimum absolute atomic E-state index is 0.00315. The standard InChI is InChI=1S/C17H22O5/c1-9-12-6-7-17(3)13(19)5-4-11(8-21-10(2)18)14(17)15(12)22-16(9)20/h8,12-15,19H,1,4-7H2,2-3H3/b11-8+/t12-,13-,14+,15-,17-/m0/s1. The number of aliphatic hydroxyl groups is 1. The van der Waals surface area contributed by atoms with Crippen LogP contribution in [-0.4, -0.2) is 29.3 Å². The Morgan fingerprint density at radius 3 is 2.91 bits per heavy atom. The predicted octanol–water partition coefficient (Wildman–Crippen LogP) is 2.10. The molecule has 5 nitrogen and oxygen atoms in total. The third-order valence-corrected chi connectivity index (χ3v) is 5.63. The summed E-state index contributed by atoms with van der Waals surface area (Å²) >= 11 is 0. The van der Waals surface area contributed by atoms with Gasteiger partial charge in [0, 0.05) is 29.7 Å². The molecule has 0 aromatic heterocycles. The van der Waals surface area contributed by atoms with Crippen LogP contribution in [0.2, 0.25) is 0 Å². The Bertz CT molecular complexity index is 563. The number of hydrogen-bond donors (Lipinski definition) is 1. The molecule has 3 aliphatic rings. The second kappa shape index (κ2) is 5.23. The van der Waals surface area contributed by atoms with Crippen molar-refractivity contribution in [1.29, 1.82) is 0 Å². The van der Waals surface area contributed by atoms with Crippen molar-refractivity contribution in [2.45, 2.75) is 51.7 Å². The fourth-order valence-electron chi connectivity index (χ4n) is 4.36. The zero-order chi connectivity index (χ0) is 16.1. The SMILES string of the molecule is C=C1C(=O)O[C@@H]2[C@H]3/C(=C/OC(C)=O)CC[C@H](O)[C@]3(C)CC[C@@H]12. The van der Waals surface area contributed by atoms with E-state index < -0.39 is 6.10 Å². The van der Waals surface area contributed by atoms with E-state index in [-0.39, 0.29) is 35.3 Å². The van der Waals surface area contributed by atoms with E-state index in [0.717, 1.165) is 18.4 Å². The number of ether oxygens (including phenoxy) is 2. The Morgan fingerprint density at radius 1 is 1.50 bits per heavy atom. The average Bonchev–Trinajstić information content (AvgIpc) is 2.74. The van der Waals surface area contributed by atoms with E-state index in [2.05, 4.69) is 6.58 Å². The second-order valence-corrected chi connectivity index (χ2v) is 6.88. The zero-order valence-electron chi connectivity index (χ0n) is 13.0. The summed E-state index contributed by atoms with van der Waals surface area (Å²) < 4.78 is 10.6. The molecule has 0 unspecified atom stereocenters.